The molecule has 6 heteroatoms. The molecule has 1 aliphatic heterocycles. The second-order valence-corrected chi connectivity index (χ2v) is 7.27. The molecule has 2 aliphatic rings. The van der Waals surface area contributed by atoms with Crippen molar-refractivity contribution < 1.29 is 0 Å². The van der Waals surface area contributed by atoms with Gasteiger partial charge in [0.25, 0.3) is 0 Å². The van der Waals surface area contributed by atoms with Crippen molar-refractivity contribution in [1.82, 2.24) is 15.6 Å². The summed E-state index contributed by atoms with van der Waals surface area (Å²) in [7, 11) is 0. The maximum absolute atomic E-state index is 9.90. The van der Waals surface area contributed by atoms with Gasteiger partial charge >= 0.3 is 0 Å². The fraction of sp³-hybridized carbons (Fsp3) is 0.261. The van der Waals surface area contributed by atoms with Crippen molar-refractivity contribution >= 4 is 23.0 Å². The summed E-state index contributed by atoms with van der Waals surface area (Å²) in [6, 6.07) is 18.2. The number of pyridine rings is 1. The highest BCUT2D eigenvalue weighted by molar-refractivity contribution is 5.91. The van der Waals surface area contributed by atoms with Crippen LogP contribution in [-0.4, -0.2) is 17.0 Å². The number of rotatable bonds is 4. The summed E-state index contributed by atoms with van der Waals surface area (Å²) in [6.45, 7) is 1.96. The van der Waals surface area contributed by atoms with E-state index < -0.39 is 0 Å². The van der Waals surface area contributed by atoms with Gasteiger partial charge in [-0.3, -0.25) is 0 Å². The van der Waals surface area contributed by atoms with Gasteiger partial charge in [-0.25, -0.2) is 9.98 Å². The Morgan fingerprint density at radius 1 is 1.14 bits per heavy atom. The quantitative estimate of drug-likeness (QED) is 0.678. The van der Waals surface area contributed by atoms with Crippen molar-refractivity contribution in [2.24, 2.45) is 4.99 Å². The number of nitrogens with one attached hydrogen (secondary N) is 3. The van der Waals surface area contributed by atoms with E-state index in [1.54, 1.807) is 0 Å². The molecule has 4 rings (SSSR count). The van der Waals surface area contributed by atoms with Gasteiger partial charge in [0.15, 0.2) is 5.96 Å². The van der Waals surface area contributed by atoms with Crippen LogP contribution in [0, 0.1) is 11.3 Å². The molecule has 0 bridgehead atoms. The maximum Gasteiger partial charge on any atom is 0.200 e. The Morgan fingerprint density at radius 2 is 1.93 bits per heavy atom. The Hall–Kier alpha value is -3.59. The smallest absolute Gasteiger partial charge is 0.200 e. The van der Waals surface area contributed by atoms with Crippen LogP contribution in [0.3, 0.4) is 0 Å². The molecule has 1 saturated carbocycles. The largest absolute Gasteiger partial charge is 0.340 e. The minimum atomic E-state index is 0.347. The van der Waals surface area contributed by atoms with E-state index in [1.807, 2.05) is 61.7 Å². The van der Waals surface area contributed by atoms with E-state index >= 15 is 0 Å². The maximum atomic E-state index is 9.90. The first-order valence-electron chi connectivity index (χ1n) is 9.95. The van der Waals surface area contributed by atoms with E-state index in [2.05, 4.69) is 27.0 Å². The molecule has 29 heavy (non-hydrogen) atoms. The number of para-hydroxylation sites is 1. The highest BCUT2D eigenvalue weighted by Gasteiger charge is 2.20. The minimum absolute atomic E-state index is 0.347. The van der Waals surface area contributed by atoms with Gasteiger partial charge in [0.2, 0.25) is 0 Å². The molecular formula is C23H24N6. The van der Waals surface area contributed by atoms with Gasteiger partial charge in [-0.15, -0.1) is 0 Å². The van der Waals surface area contributed by atoms with Crippen LogP contribution >= 0.6 is 0 Å². The molecule has 0 amide bonds. The Kier molecular flexibility index (Phi) is 5.57. The highest BCUT2D eigenvalue weighted by Crippen LogP contribution is 2.25. The van der Waals surface area contributed by atoms with Crippen LogP contribution < -0.4 is 16.0 Å². The molecule has 1 fully saturated rings. The van der Waals surface area contributed by atoms with Crippen molar-refractivity contribution in [1.29, 1.82) is 5.26 Å². The first-order chi connectivity index (χ1) is 14.2. The normalized spacial score (nSPS) is 19.7. The summed E-state index contributed by atoms with van der Waals surface area (Å²) in [6.07, 6.45) is 6.59. The number of nitrogens with zero attached hydrogens (tertiary/aromatic N) is 3. The van der Waals surface area contributed by atoms with Crippen LogP contribution in [0.15, 0.2) is 71.0 Å². The SMILES string of the molecule is CC1=CNC(=NC2CCCC2)NC1=C(C#N)c1cccc(Nc2ccccc2)n1. The molecule has 3 N–H and O–H groups in total. The fourth-order valence-corrected chi connectivity index (χ4v) is 3.60. The van der Waals surface area contributed by atoms with Crippen LogP contribution in [0.2, 0.25) is 0 Å². The number of hydrogen-bond acceptors (Lipinski definition) is 4. The standard InChI is InChI=1S/C23H24N6/c1-16-15-25-23(27-18-10-5-6-11-18)29-22(16)19(14-24)20-12-7-13-21(28-20)26-17-8-3-2-4-9-17/h2-4,7-9,12-13,15,18H,5-6,10-11H2,1H3,(H,26,28)(H2,25,27,29). The third-order valence-corrected chi connectivity index (χ3v) is 5.11. The summed E-state index contributed by atoms with van der Waals surface area (Å²) >= 11 is 0. The van der Waals surface area contributed by atoms with E-state index in [0.717, 1.165) is 29.8 Å². The molecule has 2 heterocycles. The second-order valence-electron chi connectivity index (χ2n) is 7.27. The number of aromatic nitrogens is 1. The van der Waals surface area contributed by atoms with Crippen molar-refractivity contribution in [2.45, 2.75) is 38.6 Å². The monoisotopic (exact) mass is 384 g/mol. The number of anilines is 2. The van der Waals surface area contributed by atoms with E-state index in [-0.39, 0.29) is 0 Å². The average molecular weight is 384 g/mol. The molecule has 1 aromatic heterocycles. The lowest BCUT2D eigenvalue weighted by Crippen LogP contribution is -2.39. The minimum Gasteiger partial charge on any atom is -0.340 e. The van der Waals surface area contributed by atoms with Gasteiger partial charge in [0, 0.05) is 11.9 Å². The van der Waals surface area contributed by atoms with Crippen molar-refractivity contribution in [2.75, 3.05) is 5.32 Å². The topological polar surface area (TPSA) is 85.1 Å². The molecule has 0 atom stereocenters. The molecule has 0 radical (unpaired) electrons. The predicted molar refractivity (Wildman–Crippen MR) is 116 cm³/mol. The first kappa shape index (κ1) is 18.8. The summed E-state index contributed by atoms with van der Waals surface area (Å²) < 4.78 is 0. The summed E-state index contributed by atoms with van der Waals surface area (Å²) in [5.74, 6) is 1.39. The van der Waals surface area contributed by atoms with Crippen LogP contribution in [0.5, 0.6) is 0 Å². The highest BCUT2D eigenvalue weighted by atomic mass is 15.2. The van der Waals surface area contributed by atoms with Crippen LogP contribution in [0.4, 0.5) is 11.5 Å². The molecule has 0 spiro atoms. The zero-order chi connectivity index (χ0) is 20.1. The van der Waals surface area contributed by atoms with Crippen LogP contribution in [-0.2, 0) is 0 Å². The van der Waals surface area contributed by atoms with Crippen molar-refractivity contribution in [3.05, 3.63) is 71.7 Å². The zero-order valence-corrected chi connectivity index (χ0v) is 16.4. The fourth-order valence-electron chi connectivity index (χ4n) is 3.60. The Balaban J connectivity index is 1.64. The lowest BCUT2D eigenvalue weighted by molar-refractivity contribution is 0.696. The van der Waals surface area contributed by atoms with Gasteiger partial charge in [-0.1, -0.05) is 37.1 Å². The van der Waals surface area contributed by atoms with Crippen molar-refractivity contribution in [3.8, 4) is 6.07 Å². The van der Waals surface area contributed by atoms with Crippen LogP contribution in [0.25, 0.3) is 5.57 Å². The van der Waals surface area contributed by atoms with Gasteiger partial charge < -0.3 is 16.0 Å². The van der Waals surface area contributed by atoms with Gasteiger partial charge in [-0.2, -0.15) is 5.26 Å². The third-order valence-electron chi connectivity index (χ3n) is 5.11. The second kappa shape index (κ2) is 8.61. The summed E-state index contributed by atoms with van der Waals surface area (Å²) in [4.78, 5) is 9.44. The summed E-state index contributed by atoms with van der Waals surface area (Å²) in [5.41, 5.74) is 3.75. The van der Waals surface area contributed by atoms with Gasteiger partial charge in [0.1, 0.15) is 17.5 Å². The Bertz CT molecular complexity index is 1010. The average Bonchev–Trinajstić information content (AvgIpc) is 3.25. The molecular weight excluding hydrogens is 360 g/mol. The van der Waals surface area contributed by atoms with Crippen molar-refractivity contribution in [3.63, 3.8) is 0 Å². The molecule has 0 saturated heterocycles. The molecule has 1 aromatic carbocycles. The number of nitriles is 1. The predicted octanol–water partition coefficient (Wildman–Crippen LogP) is 4.46. The molecule has 2 aromatic rings. The number of allylic oxidation sites excluding steroid dienone is 2. The van der Waals surface area contributed by atoms with Crippen LogP contribution in [0.1, 0.15) is 38.3 Å². The van der Waals surface area contributed by atoms with E-state index in [4.69, 9.17) is 4.99 Å². The third kappa shape index (κ3) is 4.46. The Morgan fingerprint density at radius 3 is 2.69 bits per heavy atom. The molecule has 0 unspecified atom stereocenters. The molecule has 1 aliphatic carbocycles. The Labute approximate surface area is 171 Å². The zero-order valence-electron chi connectivity index (χ0n) is 16.4. The number of guanidine groups is 1. The number of benzene rings is 1. The summed E-state index contributed by atoms with van der Waals surface area (Å²) in [5, 5.41) is 19.7. The van der Waals surface area contributed by atoms with Gasteiger partial charge in [-0.05, 0) is 49.6 Å². The van der Waals surface area contributed by atoms with E-state index in [1.165, 1.54) is 12.8 Å². The molecule has 6 nitrogen and oxygen atoms in total. The first-order valence-corrected chi connectivity index (χ1v) is 9.95. The number of hydrogen-bond donors (Lipinski definition) is 3. The number of aliphatic imine (C=N–C) groups is 1. The lowest BCUT2D eigenvalue weighted by atomic mass is 10.0. The lowest BCUT2D eigenvalue weighted by Gasteiger charge is -2.22. The van der Waals surface area contributed by atoms with E-state index in [0.29, 0.717) is 29.1 Å². The molecule has 146 valence electrons. The van der Waals surface area contributed by atoms with Gasteiger partial charge in [0.05, 0.1) is 17.4 Å². The van der Waals surface area contributed by atoms with E-state index in [9.17, 15) is 5.26 Å².